The normalized spacial score (nSPS) is 11.5. The third-order valence-electron chi connectivity index (χ3n) is 6.34. The van der Waals surface area contributed by atoms with Gasteiger partial charge in [-0.3, -0.25) is 4.79 Å². The quantitative estimate of drug-likeness (QED) is 0.287. The molecule has 0 saturated heterocycles. The number of hydrogen-bond acceptors (Lipinski definition) is 5. The number of carbonyl (C=O) groups is 1. The molecular formula is C30H32FN3O4S. The third-order valence-corrected chi connectivity index (χ3v) is 7.47. The van der Waals surface area contributed by atoms with Gasteiger partial charge in [0.2, 0.25) is 0 Å². The third kappa shape index (κ3) is 6.93. The molecule has 4 aromatic rings. The molecule has 4 rings (SSSR count). The number of amides is 1. The number of carbonyl (C=O) groups excluding carboxylic acids is 1. The molecule has 0 aliphatic rings. The summed E-state index contributed by atoms with van der Waals surface area (Å²) in [5.41, 5.74) is 4.04. The van der Waals surface area contributed by atoms with Crippen molar-refractivity contribution in [1.82, 2.24) is 9.47 Å². The number of benzene rings is 3. The van der Waals surface area contributed by atoms with Gasteiger partial charge in [-0.05, 0) is 68.5 Å². The average Bonchev–Trinajstić information content (AvgIpc) is 3.22. The molecule has 0 aliphatic heterocycles. The molecule has 9 heteroatoms. The van der Waals surface area contributed by atoms with Crippen molar-refractivity contribution in [3.8, 4) is 17.0 Å². The zero-order valence-corrected chi connectivity index (χ0v) is 23.3. The van der Waals surface area contributed by atoms with E-state index in [-0.39, 0.29) is 17.4 Å². The Morgan fingerprint density at radius 3 is 2.36 bits per heavy atom. The van der Waals surface area contributed by atoms with Crippen LogP contribution >= 0.6 is 0 Å². The van der Waals surface area contributed by atoms with Crippen LogP contribution in [0.5, 0.6) is 5.75 Å². The van der Waals surface area contributed by atoms with Gasteiger partial charge in [0.1, 0.15) is 18.2 Å². The maximum Gasteiger partial charge on any atom is 0.257 e. The van der Waals surface area contributed by atoms with Gasteiger partial charge in [0.05, 0.1) is 16.2 Å². The highest BCUT2D eigenvalue weighted by Crippen LogP contribution is 2.36. The fraction of sp³-hybridized carbons (Fsp3) is 0.233. The minimum Gasteiger partial charge on any atom is -0.488 e. The molecule has 0 aliphatic carbocycles. The van der Waals surface area contributed by atoms with E-state index in [1.165, 1.54) is 24.3 Å². The molecule has 0 fully saturated rings. The van der Waals surface area contributed by atoms with E-state index in [1.54, 1.807) is 24.4 Å². The Balaban J connectivity index is 1.70. The van der Waals surface area contributed by atoms with E-state index < -0.39 is 15.7 Å². The lowest BCUT2D eigenvalue weighted by Gasteiger charge is -2.17. The Hall–Kier alpha value is -3.95. The Morgan fingerprint density at radius 2 is 1.72 bits per heavy atom. The van der Waals surface area contributed by atoms with Crippen molar-refractivity contribution in [2.24, 2.45) is 0 Å². The molecule has 0 saturated carbocycles. The molecule has 0 bridgehead atoms. The second-order valence-electron chi connectivity index (χ2n) is 9.68. The largest absolute Gasteiger partial charge is 0.488 e. The lowest BCUT2D eigenvalue weighted by atomic mass is 10.0. The topological polar surface area (TPSA) is 80.6 Å². The lowest BCUT2D eigenvalue weighted by Crippen LogP contribution is -2.18. The van der Waals surface area contributed by atoms with Gasteiger partial charge in [0.15, 0.2) is 9.84 Å². The summed E-state index contributed by atoms with van der Waals surface area (Å²) in [6.45, 7) is 3.44. The molecule has 1 N–H and O–H groups in total. The number of likely N-dealkylation sites (N-methyl/N-ethyl adjacent to an activating group) is 1. The first-order valence-electron chi connectivity index (χ1n) is 12.5. The van der Waals surface area contributed by atoms with Crippen molar-refractivity contribution in [3.05, 3.63) is 102 Å². The van der Waals surface area contributed by atoms with Crippen LogP contribution in [0.2, 0.25) is 0 Å². The molecule has 0 unspecified atom stereocenters. The van der Waals surface area contributed by atoms with Gasteiger partial charge in [0.25, 0.3) is 5.91 Å². The van der Waals surface area contributed by atoms with Crippen LogP contribution in [0, 0.1) is 12.7 Å². The van der Waals surface area contributed by atoms with Gasteiger partial charge in [-0.15, -0.1) is 0 Å². The average molecular weight is 550 g/mol. The molecule has 1 heterocycles. The Labute approximate surface area is 228 Å². The fourth-order valence-corrected chi connectivity index (χ4v) is 4.89. The van der Waals surface area contributed by atoms with Crippen LogP contribution in [0.4, 0.5) is 10.1 Å². The molecule has 7 nitrogen and oxygen atoms in total. The van der Waals surface area contributed by atoms with E-state index in [4.69, 9.17) is 4.74 Å². The predicted molar refractivity (Wildman–Crippen MR) is 151 cm³/mol. The molecule has 0 radical (unpaired) electrons. The first-order valence-corrected chi connectivity index (χ1v) is 14.3. The van der Waals surface area contributed by atoms with Crippen molar-refractivity contribution >= 4 is 21.4 Å². The summed E-state index contributed by atoms with van der Waals surface area (Å²) < 4.78 is 45.9. The molecule has 1 aromatic heterocycles. The van der Waals surface area contributed by atoms with Gasteiger partial charge < -0.3 is 19.5 Å². The minimum absolute atomic E-state index is 0.174. The Kier molecular flexibility index (Phi) is 8.52. The van der Waals surface area contributed by atoms with Crippen LogP contribution in [-0.2, 0) is 23.0 Å². The first kappa shape index (κ1) is 28.1. The van der Waals surface area contributed by atoms with Gasteiger partial charge in [0, 0.05) is 42.9 Å². The molecule has 204 valence electrons. The molecule has 1 amide bonds. The summed E-state index contributed by atoms with van der Waals surface area (Å²) >= 11 is 0. The van der Waals surface area contributed by atoms with E-state index in [9.17, 15) is 17.6 Å². The van der Waals surface area contributed by atoms with Crippen LogP contribution in [0.15, 0.2) is 83.9 Å². The van der Waals surface area contributed by atoms with E-state index in [0.717, 1.165) is 29.6 Å². The maximum atomic E-state index is 14.3. The van der Waals surface area contributed by atoms with E-state index in [1.807, 2.05) is 60.8 Å². The molecule has 39 heavy (non-hydrogen) atoms. The molecule has 0 spiro atoms. The summed E-state index contributed by atoms with van der Waals surface area (Å²) in [6, 6.07) is 20.1. The predicted octanol–water partition coefficient (Wildman–Crippen LogP) is 5.40. The SMILES string of the molecule is Cc1c(C(=O)Nc2ccc(S(C)(=O)=O)cc2)cn(CCN(C)C)c1-c1ccc(F)cc1OCc1ccccc1. The highest BCUT2D eigenvalue weighted by atomic mass is 32.2. The molecule has 3 aromatic carbocycles. The molecular weight excluding hydrogens is 517 g/mol. The number of nitrogens with one attached hydrogen (secondary N) is 1. The number of ether oxygens (including phenoxy) is 1. The first-order chi connectivity index (χ1) is 18.5. The summed E-state index contributed by atoms with van der Waals surface area (Å²) in [4.78, 5) is 15.6. The number of nitrogens with zero attached hydrogens (tertiary/aromatic N) is 2. The second kappa shape index (κ2) is 11.8. The van der Waals surface area contributed by atoms with Gasteiger partial charge in [-0.25, -0.2) is 12.8 Å². The van der Waals surface area contributed by atoms with Gasteiger partial charge in [-0.2, -0.15) is 0 Å². The van der Waals surface area contributed by atoms with Crippen molar-refractivity contribution in [2.75, 3.05) is 32.2 Å². The summed E-state index contributed by atoms with van der Waals surface area (Å²) in [5.74, 6) is -0.367. The van der Waals surface area contributed by atoms with Crippen LogP contribution in [0.3, 0.4) is 0 Å². The van der Waals surface area contributed by atoms with Crippen LogP contribution in [0.25, 0.3) is 11.3 Å². The number of anilines is 1. The van der Waals surface area contributed by atoms with Crippen LogP contribution in [0.1, 0.15) is 21.5 Å². The standard InChI is InChI=1S/C30H32FN3O4S/c1-21-27(30(35)32-24-11-13-25(14-12-24)39(4,36)37)19-34(17-16-33(2)3)29(21)26-15-10-23(31)18-28(26)38-20-22-8-6-5-7-9-22/h5-15,18-19H,16-17,20H2,1-4H3,(H,32,35). The zero-order chi connectivity index (χ0) is 28.2. The fourth-order valence-electron chi connectivity index (χ4n) is 4.26. The summed E-state index contributed by atoms with van der Waals surface area (Å²) in [5, 5.41) is 2.86. The second-order valence-corrected chi connectivity index (χ2v) is 11.7. The monoisotopic (exact) mass is 549 g/mol. The number of hydrogen-bond donors (Lipinski definition) is 1. The lowest BCUT2D eigenvalue weighted by molar-refractivity contribution is 0.102. The number of halogens is 1. The Bertz CT molecular complexity index is 1560. The van der Waals surface area contributed by atoms with Crippen molar-refractivity contribution in [1.29, 1.82) is 0 Å². The molecule has 0 atom stereocenters. The van der Waals surface area contributed by atoms with Gasteiger partial charge in [-0.1, -0.05) is 30.3 Å². The van der Waals surface area contributed by atoms with Crippen molar-refractivity contribution < 1.29 is 22.3 Å². The maximum absolute atomic E-state index is 14.3. The number of aromatic nitrogens is 1. The summed E-state index contributed by atoms with van der Waals surface area (Å²) in [7, 11) is 0.595. The van der Waals surface area contributed by atoms with E-state index in [0.29, 0.717) is 29.1 Å². The number of sulfone groups is 1. The smallest absolute Gasteiger partial charge is 0.257 e. The summed E-state index contributed by atoms with van der Waals surface area (Å²) in [6.07, 6.45) is 2.92. The highest BCUT2D eigenvalue weighted by molar-refractivity contribution is 7.90. The van der Waals surface area contributed by atoms with E-state index in [2.05, 4.69) is 5.32 Å². The van der Waals surface area contributed by atoms with E-state index >= 15 is 0 Å². The van der Waals surface area contributed by atoms with Crippen LogP contribution in [-0.4, -0.2) is 50.7 Å². The highest BCUT2D eigenvalue weighted by Gasteiger charge is 2.22. The number of rotatable bonds is 10. The van der Waals surface area contributed by atoms with Crippen LogP contribution < -0.4 is 10.1 Å². The van der Waals surface area contributed by atoms with Crippen molar-refractivity contribution in [3.63, 3.8) is 0 Å². The minimum atomic E-state index is -3.34. The Morgan fingerprint density at radius 1 is 1.03 bits per heavy atom. The zero-order valence-electron chi connectivity index (χ0n) is 22.4. The van der Waals surface area contributed by atoms with Gasteiger partial charge >= 0.3 is 0 Å². The van der Waals surface area contributed by atoms with Crippen molar-refractivity contribution in [2.45, 2.75) is 25.0 Å².